The number of phenolic OH excluding ortho intramolecular Hbond substituents is 1. The summed E-state index contributed by atoms with van der Waals surface area (Å²) in [5.74, 6) is -0.0478. The quantitative estimate of drug-likeness (QED) is 0.820. The molecule has 0 radical (unpaired) electrons. The number of nitrogens with one attached hydrogen (secondary N) is 1. The van der Waals surface area contributed by atoms with Crippen LogP contribution in [0, 0.1) is 5.82 Å². The molecule has 19 heavy (non-hydrogen) atoms. The van der Waals surface area contributed by atoms with Crippen molar-refractivity contribution >= 4 is 0 Å². The highest BCUT2D eigenvalue weighted by molar-refractivity contribution is 5.45. The molecule has 0 amide bonds. The van der Waals surface area contributed by atoms with Gasteiger partial charge >= 0.3 is 0 Å². The molecular formula is C16H24FNO. The van der Waals surface area contributed by atoms with Crippen molar-refractivity contribution < 1.29 is 9.50 Å². The fourth-order valence-corrected chi connectivity index (χ4v) is 3.07. The van der Waals surface area contributed by atoms with Crippen molar-refractivity contribution in [3.05, 3.63) is 28.6 Å². The van der Waals surface area contributed by atoms with Gasteiger partial charge in [0.25, 0.3) is 0 Å². The molecule has 1 atom stereocenters. The monoisotopic (exact) mass is 265 g/mol. The van der Waals surface area contributed by atoms with E-state index in [1.807, 2.05) is 13.8 Å². The lowest BCUT2D eigenvalue weighted by molar-refractivity contribution is 0.450. The van der Waals surface area contributed by atoms with Crippen molar-refractivity contribution in [2.24, 2.45) is 0 Å². The van der Waals surface area contributed by atoms with Crippen LogP contribution in [0.3, 0.4) is 0 Å². The second-order valence-electron chi connectivity index (χ2n) is 5.75. The standard InChI is InChI=1S/C16H24FNO/c1-4-18-12-6-5-11-9-14(19)15(10(2)3)16(17)13(11)8-7-12/h9-10,12,18-19H,4-8H2,1-3H3/t12-/m0/s1. The molecular weight excluding hydrogens is 241 g/mol. The van der Waals surface area contributed by atoms with Crippen molar-refractivity contribution in [1.82, 2.24) is 5.32 Å². The van der Waals surface area contributed by atoms with Gasteiger partial charge in [0, 0.05) is 11.6 Å². The van der Waals surface area contributed by atoms with E-state index in [0.717, 1.165) is 43.4 Å². The molecule has 2 N–H and O–H groups in total. The van der Waals surface area contributed by atoms with Gasteiger partial charge in [0.15, 0.2) is 0 Å². The van der Waals surface area contributed by atoms with E-state index in [-0.39, 0.29) is 17.5 Å². The zero-order valence-electron chi connectivity index (χ0n) is 12.1. The lowest BCUT2D eigenvalue weighted by atomic mass is 9.93. The number of hydrogen-bond acceptors (Lipinski definition) is 2. The van der Waals surface area contributed by atoms with E-state index in [0.29, 0.717) is 11.6 Å². The van der Waals surface area contributed by atoms with Gasteiger partial charge in [-0.15, -0.1) is 0 Å². The number of halogens is 1. The van der Waals surface area contributed by atoms with E-state index in [1.54, 1.807) is 6.07 Å². The van der Waals surface area contributed by atoms with E-state index in [2.05, 4.69) is 12.2 Å². The minimum Gasteiger partial charge on any atom is -0.508 e. The smallest absolute Gasteiger partial charge is 0.133 e. The number of fused-ring (bicyclic) bond motifs is 1. The van der Waals surface area contributed by atoms with Gasteiger partial charge in [0.2, 0.25) is 0 Å². The molecule has 0 heterocycles. The van der Waals surface area contributed by atoms with Crippen molar-refractivity contribution in [3.8, 4) is 5.75 Å². The molecule has 2 rings (SSSR count). The average molecular weight is 265 g/mol. The number of phenols is 1. The van der Waals surface area contributed by atoms with Gasteiger partial charge in [-0.1, -0.05) is 20.8 Å². The predicted molar refractivity (Wildman–Crippen MR) is 76.3 cm³/mol. The summed E-state index contributed by atoms with van der Waals surface area (Å²) in [4.78, 5) is 0. The van der Waals surface area contributed by atoms with Crippen LogP contribution in [-0.4, -0.2) is 17.7 Å². The molecule has 0 saturated carbocycles. The summed E-state index contributed by atoms with van der Waals surface area (Å²) in [6, 6.07) is 2.24. The van der Waals surface area contributed by atoms with Gasteiger partial charge in [-0.25, -0.2) is 4.39 Å². The fourth-order valence-electron chi connectivity index (χ4n) is 3.07. The number of rotatable bonds is 3. The largest absolute Gasteiger partial charge is 0.508 e. The van der Waals surface area contributed by atoms with E-state index in [1.165, 1.54) is 0 Å². The van der Waals surface area contributed by atoms with Crippen molar-refractivity contribution in [2.75, 3.05) is 6.54 Å². The summed E-state index contributed by atoms with van der Waals surface area (Å²) in [6.07, 6.45) is 3.59. The maximum atomic E-state index is 14.6. The Balaban J connectivity index is 2.34. The minimum absolute atomic E-state index is 0.0121. The topological polar surface area (TPSA) is 32.3 Å². The van der Waals surface area contributed by atoms with E-state index < -0.39 is 0 Å². The third kappa shape index (κ3) is 2.92. The van der Waals surface area contributed by atoms with Crippen molar-refractivity contribution in [1.29, 1.82) is 0 Å². The molecule has 1 aliphatic rings. The molecule has 0 saturated heterocycles. The molecule has 0 bridgehead atoms. The van der Waals surface area contributed by atoms with Crippen LogP contribution in [0.2, 0.25) is 0 Å². The third-order valence-corrected chi connectivity index (χ3v) is 4.05. The Hall–Kier alpha value is -1.09. The molecule has 1 aromatic rings. The molecule has 1 aromatic carbocycles. The van der Waals surface area contributed by atoms with Crippen molar-refractivity contribution in [3.63, 3.8) is 0 Å². The van der Waals surface area contributed by atoms with Crippen LogP contribution in [0.25, 0.3) is 0 Å². The predicted octanol–water partition coefficient (Wildman–Crippen LogP) is 3.51. The Kier molecular flexibility index (Phi) is 4.46. The van der Waals surface area contributed by atoms with Crippen molar-refractivity contribution in [2.45, 2.75) is 58.4 Å². The summed E-state index contributed by atoms with van der Waals surface area (Å²) in [5.41, 5.74) is 2.28. The van der Waals surface area contributed by atoms with Crippen LogP contribution in [0.5, 0.6) is 5.75 Å². The lowest BCUT2D eigenvalue weighted by Gasteiger charge is -2.16. The summed E-state index contributed by atoms with van der Waals surface area (Å²) < 4.78 is 14.6. The van der Waals surface area contributed by atoms with E-state index in [4.69, 9.17) is 0 Å². The van der Waals surface area contributed by atoms with Gasteiger partial charge in [-0.3, -0.25) is 0 Å². The third-order valence-electron chi connectivity index (χ3n) is 4.05. The summed E-state index contributed by atoms with van der Waals surface area (Å²) in [7, 11) is 0. The maximum Gasteiger partial charge on any atom is 0.133 e. The molecule has 0 spiro atoms. The highest BCUT2D eigenvalue weighted by atomic mass is 19.1. The van der Waals surface area contributed by atoms with Crippen LogP contribution in [-0.2, 0) is 12.8 Å². The second-order valence-corrected chi connectivity index (χ2v) is 5.75. The Bertz CT molecular complexity index is 457. The Morgan fingerprint density at radius 3 is 2.68 bits per heavy atom. The Morgan fingerprint density at radius 1 is 1.37 bits per heavy atom. The number of benzene rings is 1. The molecule has 0 aromatic heterocycles. The SMILES string of the molecule is CCN[C@H]1CCc2cc(O)c(C(C)C)c(F)c2CC1. The lowest BCUT2D eigenvalue weighted by Crippen LogP contribution is -2.28. The molecule has 1 aliphatic carbocycles. The summed E-state index contributed by atoms with van der Waals surface area (Å²) >= 11 is 0. The van der Waals surface area contributed by atoms with Crippen LogP contribution in [0.1, 0.15) is 56.2 Å². The first-order valence-corrected chi connectivity index (χ1v) is 7.31. The van der Waals surface area contributed by atoms with Crippen LogP contribution in [0.4, 0.5) is 4.39 Å². The molecule has 106 valence electrons. The van der Waals surface area contributed by atoms with Crippen LogP contribution < -0.4 is 5.32 Å². The van der Waals surface area contributed by atoms with Gasteiger partial charge in [-0.05, 0) is 55.3 Å². The average Bonchev–Trinajstić information content (AvgIpc) is 2.52. The number of aromatic hydroxyl groups is 1. The normalized spacial score (nSPS) is 19.3. The second kappa shape index (κ2) is 5.91. The van der Waals surface area contributed by atoms with Gasteiger partial charge in [-0.2, -0.15) is 0 Å². The highest BCUT2D eigenvalue weighted by Gasteiger charge is 2.23. The molecule has 2 nitrogen and oxygen atoms in total. The first-order chi connectivity index (χ1) is 9.04. The van der Waals surface area contributed by atoms with Crippen LogP contribution >= 0.6 is 0 Å². The molecule has 0 aliphatic heterocycles. The van der Waals surface area contributed by atoms with Gasteiger partial charge in [0.1, 0.15) is 11.6 Å². The zero-order chi connectivity index (χ0) is 14.0. The zero-order valence-corrected chi connectivity index (χ0v) is 12.1. The highest BCUT2D eigenvalue weighted by Crippen LogP contribution is 2.35. The molecule has 0 unspecified atom stereocenters. The maximum absolute atomic E-state index is 14.6. The molecule has 3 heteroatoms. The fraction of sp³-hybridized carbons (Fsp3) is 0.625. The number of aryl methyl sites for hydroxylation is 1. The summed E-state index contributed by atoms with van der Waals surface area (Å²) in [6.45, 7) is 6.89. The number of hydrogen-bond donors (Lipinski definition) is 2. The Labute approximate surface area is 115 Å². The minimum atomic E-state index is -0.179. The Morgan fingerprint density at radius 2 is 2.05 bits per heavy atom. The first kappa shape index (κ1) is 14.3. The van der Waals surface area contributed by atoms with E-state index >= 15 is 0 Å². The van der Waals surface area contributed by atoms with Crippen LogP contribution in [0.15, 0.2) is 6.07 Å². The van der Waals surface area contributed by atoms with Gasteiger partial charge < -0.3 is 10.4 Å². The summed E-state index contributed by atoms with van der Waals surface area (Å²) in [5, 5.41) is 13.5. The van der Waals surface area contributed by atoms with E-state index in [9.17, 15) is 9.50 Å². The first-order valence-electron chi connectivity index (χ1n) is 7.31. The molecule has 0 fully saturated rings. The van der Waals surface area contributed by atoms with Gasteiger partial charge in [0.05, 0.1) is 0 Å².